The Kier molecular flexibility index (Phi) is 4.98. The second-order valence-corrected chi connectivity index (χ2v) is 6.43. The maximum absolute atomic E-state index is 13.1. The average molecular weight is 366 g/mol. The number of aromatic nitrogens is 1. The molecule has 0 unspecified atom stereocenters. The summed E-state index contributed by atoms with van der Waals surface area (Å²) in [7, 11) is 0. The van der Waals surface area contributed by atoms with E-state index in [0.717, 1.165) is 25.0 Å². The van der Waals surface area contributed by atoms with Gasteiger partial charge in [0, 0.05) is 24.3 Å². The molecule has 1 aromatic heterocycles. The van der Waals surface area contributed by atoms with Crippen LogP contribution < -0.4 is 5.32 Å². The number of carbonyl (C=O) groups is 1. The quantitative estimate of drug-likeness (QED) is 0.740. The molecule has 3 aromatic rings. The van der Waals surface area contributed by atoms with Crippen LogP contribution in [0.15, 0.2) is 59.1 Å². The summed E-state index contributed by atoms with van der Waals surface area (Å²) in [6, 6.07) is 13.1. The number of hydrogen-bond donors (Lipinski definition) is 1. The molecule has 0 saturated carbocycles. The molecule has 4 rings (SSSR count). The fraction of sp³-hybridized carbons (Fsp3) is 0.238. The van der Waals surface area contributed by atoms with Crippen molar-refractivity contribution in [2.24, 2.45) is 0 Å². The summed E-state index contributed by atoms with van der Waals surface area (Å²) in [5, 5.41) is 2.92. The molecule has 1 aliphatic rings. The van der Waals surface area contributed by atoms with Crippen LogP contribution in [0.25, 0.3) is 22.8 Å². The number of rotatable bonds is 5. The lowest BCUT2D eigenvalue weighted by Crippen LogP contribution is -2.32. The van der Waals surface area contributed by atoms with Crippen molar-refractivity contribution in [3.05, 3.63) is 66.1 Å². The van der Waals surface area contributed by atoms with Gasteiger partial charge in [-0.2, -0.15) is 0 Å². The van der Waals surface area contributed by atoms with Crippen LogP contribution in [-0.4, -0.2) is 30.1 Å². The van der Waals surface area contributed by atoms with Crippen molar-refractivity contribution < 1.29 is 18.3 Å². The number of oxazole rings is 1. The topological polar surface area (TPSA) is 64.4 Å². The van der Waals surface area contributed by atoms with E-state index in [1.165, 1.54) is 12.1 Å². The summed E-state index contributed by atoms with van der Waals surface area (Å²) in [6.45, 7) is 1.24. The van der Waals surface area contributed by atoms with E-state index >= 15 is 0 Å². The largest absolute Gasteiger partial charge is 0.436 e. The van der Waals surface area contributed by atoms with Gasteiger partial charge in [0.05, 0.1) is 17.9 Å². The maximum atomic E-state index is 13.1. The third-order valence-corrected chi connectivity index (χ3v) is 4.55. The molecule has 1 N–H and O–H groups in total. The number of ether oxygens (including phenoxy) is 1. The lowest BCUT2D eigenvalue weighted by Gasteiger charge is -2.12. The molecular weight excluding hydrogens is 347 g/mol. The molecule has 0 spiro atoms. The van der Waals surface area contributed by atoms with Crippen LogP contribution in [0.2, 0.25) is 0 Å². The minimum atomic E-state index is -0.313. The van der Waals surface area contributed by atoms with Crippen molar-refractivity contribution in [1.29, 1.82) is 0 Å². The van der Waals surface area contributed by atoms with Crippen molar-refractivity contribution in [3.63, 3.8) is 0 Å². The van der Waals surface area contributed by atoms with E-state index in [0.29, 0.717) is 29.3 Å². The highest BCUT2D eigenvalue weighted by atomic mass is 19.1. The van der Waals surface area contributed by atoms with Crippen molar-refractivity contribution in [2.45, 2.75) is 18.9 Å². The van der Waals surface area contributed by atoms with Crippen LogP contribution in [0, 0.1) is 5.82 Å². The minimum Gasteiger partial charge on any atom is -0.436 e. The van der Waals surface area contributed by atoms with E-state index in [1.807, 2.05) is 6.07 Å². The van der Waals surface area contributed by atoms with Crippen LogP contribution in [0.4, 0.5) is 4.39 Å². The Hall–Kier alpha value is -2.99. The van der Waals surface area contributed by atoms with E-state index < -0.39 is 0 Å². The molecule has 2 heterocycles. The summed E-state index contributed by atoms with van der Waals surface area (Å²) < 4.78 is 24.5. The zero-order valence-electron chi connectivity index (χ0n) is 14.7. The van der Waals surface area contributed by atoms with Gasteiger partial charge in [0.2, 0.25) is 5.89 Å². The summed E-state index contributed by atoms with van der Waals surface area (Å²) in [4.78, 5) is 16.9. The van der Waals surface area contributed by atoms with Gasteiger partial charge in [-0.1, -0.05) is 12.1 Å². The molecule has 1 amide bonds. The third kappa shape index (κ3) is 3.90. The molecule has 0 bridgehead atoms. The third-order valence-electron chi connectivity index (χ3n) is 4.55. The Bertz CT molecular complexity index is 931. The molecule has 0 radical (unpaired) electrons. The number of carbonyl (C=O) groups excluding carboxylic acids is 1. The van der Waals surface area contributed by atoms with Gasteiger partial charge in [-0.15, -0.1) is 0 Å². The van der Waals surface area contributed by atoms with Crippen molar-refractivity contribution in [3.8, 4) is 22.8 Å². The van der Waals surface area contributed by atoms with Crippen molar-refractivity contribution >= 4 is 5.91 Å². The van der Waals surface area contributed by atoms with Crippen LogP contribution in [0.3, 0.4) is 0 Å². The lowest BCUT2D eigenvalue weighted by atomic mass is 10.1. The van der Waals surface area contributed by atoms with Crippen LogP contribution >= 0.6 is 0 Å². The van der Waals surface area contributed by atoms with Gasteiger partial charge in [-0.05, 0) is 49.2 Å². The first-order chi connectivity index (χ1) is 13.2. The SMILES string of the molecule is O=C(NC[C@@H]1CCCO1)c1ccccc1-c1ncc(-c2ccc(F)cc2)o1. The Balaban J connectivity index is 1.55. The first-order valence-corrected chi connectivity index (χ1v) is 8.91. The van der Waals surface area contributed by atoms with Gasteiger partial charge in [-0.25, -0.2) is 9.37 Å². The van der Waals surface area contributed by atoms with E-state index in [1.54, 1.807) is 36.5 Å². The predicted molar refractivity (Wildman–Crippen MR) is 98.6 cm³/mol. The lowest BCUT2D eigenvalue weighted by molar-refractivity contribution is 0.0858. The average Bonchev–Trinajstić information content (AvgIpc) is 3.39. The normalized spacial score (nSPS) is 16.4. The highest BCUT2D eigenvalue weighted by molar-refractivity contribution is 6.00. The zero-order chi connectivity index (χ0) is 18.6. The summed E-state index contributed by atoms with van der Waals surface area (Å²) >= 11 is 0. The van der Waals surface area contributed by atoms with Crippen molar-refractivity contribution in [1.82, 2.24) is 10.3 Å². The van der Waals surface area contributed by atoms with Gasteiger partial charge in [-0.3, -0.25) is 4.79 Å². The predicted octanol–water partition coefficient (Wildman–Crippen LogP) is 4.06. The molecule has 1 atom stereocenters. The minimum absolute atomic E-state index is 0.0768. The number of hydrogen-bond acceptors (Lipinski definition) is 4. The molecule has 5 nitrogen and oxygen atoms in total. The smallest absolute Gasteiger partial charge is 0.252 e. The number of amides is 1. The highest BCUT2D eigenvalue weighted by Gasteiger charge is 2.20. The zero-order valence-corrected chi connectivity index (χ0v) is 14.7. The maximum Gasteiger partial charge on any atom is 0.252 e. The number of halogens is 1. The fourth-order valence-corrected chi connectivity index (χ4v) is 3.12. The van der Waals surface area contributed by atoms with E-state index in [4.69, 9.17) is 9.15 Å². The molecule has 0 aliphatic carbocycles. The van der Waals surface area contributed by atoms with Crippen LogP contribution in [-0.2, 0) is 4.74 Å². The molecule has 1 saturated heterocycles. The monoisotopic (exact) mass is 366 g/mol. The highest BCUT2D eigenvalue weighted by Crippen LogP contribution is 2.28. The second kappa shape index (κ2) is 7.72. The molecule has 27 heavy (non-hydrogen) atoms. The molecule has 1 aliphatic heterocycles. The molecule has 6 heteroatoms. The van der Waals surface area contributed by atoms with Crippen LogP contribution in [0.5, 0.6) is 0 Å². The second-order valence-electron chi connectivity index (χ2n) is 6.43. The van der Waals surface area contributed by atoms with Gasteiger partial charge in [0.1, 0.15) is 5.82 Å². The van der Waals surface area contributed by atoms with Gasteiger partial charge in [0.15, 0.2) is 5.76 Å². The molecule has 2 aromatic carbocycles. The Morgan fingerprint density at radius 3 is 2.78 bits per heavy atom. The van der Waals surface area contributed by atoms with Gasteiger partial charge in [0.25, 0.3) is 5.91 Å². The first-order valence-electron chi connectivity index (χ1n) is 8.91. The van der Waals surface area contributed by atoms with Crippen molar-refractivity contribution in [2.75, 3.05) is 13.2 Å². The standard InChI is InChI=1S/C21H19FN2O3/c22-15-9-7-14(8-10-15)19-13-24-21(27-19)18-6-2-1-5-17(18)20(25)23-12-16-4-3-11-26-16/h1-2,5-10,13,16H,3-4,11-12H2,(H,23,25)/t16-/m0/s1. The van der Waals surface area contributed by atoms with E-state index in [9.17, 15) is 9.18 Å². The van der Waals surface area contributed by atoms with Crippen LogP contribution in [0.1, 0.15) is 23.2 Å². The Morgan fingerprint density at radius 2 is 2.00 bits per heavy atom. The fourth-order valence-electron chi connectivity index (χ4n) is 3.12. The van der Waals surface area contributed by atoms with E-state index in [2.05, 4.69) is 10.3 Å². The number of nitrogens with one attached hydrogen (secondary N) is 1. The number of nitrogens with zero attached hydrogens (tertiary/aromatic N) is 1. The molecule has 1 fully saturated rings. The summed E-state index contributed by atoms with van der Waals surface area (Å²) in [5.74, 6) is 0.353. The summed E-state index contributed by atoms with van der Waals surface area (Å²) in [5.41, 5.74) is 1.81. The van der Waals surface area contributed by atoms with Gasteiger partial charge >= 0.3 is 0 Å². The Morgan fingerprint density at radius 1 is 1.19 bits per heavy atom. The number of benzene rings is 2. The molecular formula is C21H19FN2O3. The first kappa shape index (κ1) is 17.4. The molecule has 138 valence electrons. The van der Waals surface area contributed by atoms with Gasteiger partial charge < -0.3 is 14.5 Å². The van der Waals surface area contributed by atoms with E-state index in [-0.39, 0.29) is 17.8 Å². The Labute approximate surface area is 156 Å². The summed E-state index contributed by atoms with van der Waals surface area (Å²) in [6.07, 6.45) is 3.64.